The molecule has 1 aromatic rings. The van der Waals surface area contributed by atoms with Gasteiger partial charge in [-0.2, -0.15) is 13.2 Å². The molecule has 0 radical (unpaired) electrons. The second kappa shape index (κ2) is 4.40. The minimum atomic E-state index is -4.36. The highest BCUT2D eigenvalue weighted by atomic mass is 127. The lowest BCUT2D eigenvalue weighted by Gasteiger charge is -2.09. The monoisotopic (exact) mass is 369 g/mol. The summed E-state index contributed by atoms with van der Waals surface area (Å²) in [5.41, 5.74) is -0.685. The molecule has 0 spiro atoms. The summed E-state index contributed by atoms with van der Waals surface area (Å²) in [6.07, 6.45) is -4.36. The number of halogens is 4. The first-order valence-electron chi connectivity index (χ1n) is 5.28. The average molecular weight is 369 g/mol. The van der Waals surface area contributed by atoms with Crippen LogP contribution in [0.25, 0.3) is 0 Å². The maximum atomic E-state index is 12.7. The number of ether oxygens (including phenoxy) is 1. The predicted octanol–water partition coefficient (Wildman–Crippen LogP) is 3.87. The van der Waals surface area contributed by atoms with Gasteiger partial charge >= 0.3 is 6.18 Å². The molecule has 2 rings (SSSR count). The Bertz CT molecular complexity index is 509. The molecule has 0 saturated heterocycles. The van der Waals surface area contributed by atoms with Crippen molar-refractivity contribution in [2.45, 2.75) is 25.6 Å². The van der Waals surface area contributed by atoms with Gasteiger partial charge in [0.2, 0.25) is 5.90 Å². The molecular weight excluding hydrogens is 358 g/mol. The molecule has 2 nitrogen and oxygen atoms in total. The van der Waals surface area contributed by atoms with E-state index in [1.54, 1.807) is 6.07 Å². The maximum absolute atomic E-state index is 12.7. The Labute approximate surface area is 116 Å². The van der Waals surface area contributed by atoms with Crippen molar-refractivity contribution in [1.29, 1.82) is 0 Å². The summed E-state index contributed by atoms with van der Waals surface area (Å²) in [6, 6.07) is 3.81. The van der Waals surface area contributed by atoms with Crippen LogP contribution in [0.2, 0.25) is 0 Å². The van der Waals surface area contributed by atoms with Gasteiger partial charge in [0.05, 0.1) is 11.1 Å². The van der Waals surface area contributed by atoms with E-state index in [-0.39, 0.29) is 11.4 Å². The quantitative estimate of drug-likeness (QED) is 0.689. The molecule has 0 bridgehead atoms. The van der Waals surface area contributed by atoms with E-state index in [1.165, 1.54) is 0 Å². The molecule has 0 atom stereocenters. The molecule has 98 valence electrons. The van der Waals surface area contributed by atoms with Crippen LogP contribution >= 0.6 is 22.6 Å². The SMILES string of the molecule is CC1(C)COC(c2cc(I)cc(C(F)(F)F)c2)=N1. The summed E-state index contributed by atoms with van der Waals surface area (Å²) < 4.78 is 44.0. The molecule has 6 heteroatoms. The number of alkyl halides is 3. The van der Waals surface area contributed by atoms with Crippen molar-refractivity contribution in [1.82, 2.24) is 0 Å². The Balaban J connectivity index is 2.44. The predicted molar refractivity (Wildman–Crippen MR) is 70.7 cm³/mol. The van der Waals surface area contributed by atoms with Crippen LogP contribution in [0.4, 0.5) is 13.2 Å². The Morgan fingerprint density at radius 3 is 2.44 bits per heavy atom. The van der Waals surface area contributed by atoms with Crippen LogP contribution in [0.15, 0.2) is 23.2 Å². The third-order valence-electron chi connectivity index (χ3n) is 2.44. The third kappa shape index (κ3) is 2.96. The fraction of sp³-hybridized carbons (Fsp3) is 0.417. The summed E-state index contributed by atoms with van der Waals surface area (Å²) >= 11 is 1.86. The van der Waals surface area contributed by atoms with Gasteiger partial charge in [-0.1, -0.05) is 0 Å². The molecule has 1 aliphatic rings. The second-order valence-corrected chi connectivity index (χ2v) is 5.99. The van der Waals surface area contributed by atoms with Gasteiger partial charge in [0.15, 0.2) is 0 Å². The van der Waals surface area contributed by atoms with E-state index >= 15 is 0 Å². The van der Waals surface area contributed by atoms with E-state index in [1.807, 2.05) is 36.4 Å². The minimum Gasteiger partial charge on any atom is -0.475 e. The summed E-state index contributed by atoms with van der Waals surface area (Å²) in [5, 5.41) is 0. The van der Waals surface area contributed by atoms with Crippen LogP contribution in [-0.2, 0) is 10.9 Å². The van der Waals surface area contributed by atoms with Crippen LogP contribution in [0.1, 0.15) is 25.0 Å². The minimum absolute atomic E-state index is 0.281. The van der Waals surface area contributed by atoms with Crippen LogP contribution in [0, 0.1) is 3.57 Å². The zero-order chi connectivity index (χ0) is 13.6. The van der Waals surface area contributed by atoms with E-state index < -0.39 is 11.7 Å². The average Bonchev–Trinajstić information content (AvgIpc) is 2.56. The van der Waals surface area contributed by atoms with Gasteiger partial charge in [-0.05, 0) is 54.6 Å². The Hall–Kier alpha value is -0.790. The lowest BCUT2D eigenvalue weighted by molar-refractivity contribution is -0.137. The molecule has 0 N–H and O–H groups in total. The summed E-state index contributed by atoms with van der Waals surface area (Å²) in [4.78, 5) is 4.28. The van der Waals surface area contributed by atoms with Crippen LogP contribution in [0.5, 0.6) is 0 Å². The maximum Gasteiger partial charge on any atom is 0.416 e. The first-order valence-corrected chi connectivity index (χ1v) is 6.36. The fourth-order valence-corrected chi connectivity index (χ4v) is 2.28. The first-order chi connectivity index (χ1) is 8.17. The fourth-order valence-electron chi connectivity index (χ4n) is 1.61. The van der Waals surface area contributed by atoms with E-state index in [0.29, 0.717) is 15.7 Å². The lowest BCUT2D eigenvalue weighted by Crippen LogP contribution is -2.17. The Morgan fingerprint density at radius 2 is 1.94 bits per heavy atom. The normalized spacial score (nSPS) is 18.4. The zero-order valence-electron chi connectivity index (χ0n) is 9.81. The first kappa shape index (κ1) is 13.6. The molecule has 1 aliphatic heterocycles. The Kier molecular flexibility index (Phi) is 3.33. The van der Waals surface area contributed by atoms with Crippen molar-refractivity contribution < 1.29 is 17.9 Å². The van der Waals surface area contributed by atoms with E-state index in [2.05, 4.69) is 4.99 Å². The highest BCUT2D eigenvalue weighted by molar-refractivity contribution is 14.1. The molecular formula is C12H11F3INO. The van der Waals surface area contributed by atoms with Gasteiger partial charge in [-0.3, -0.25) is 0 Å². The van der Waals surface area contributed by atoms with Crippen molar-refractivity contribution >= 4 is 28.5 Å². The van der Waals surface area contributed by atoms with Gasteiger partial charge in [-0.15, -0.1) is 0 Å². The lowest BCUT2D eigenvalue weighted by atomic mass is 10.1. The van der Waals surface area contributed by atoms with Crippen LogP contribution < -0.4 is 0 Å². The summed E-state index contributed by atoms with van der Waals surface area (Å²) in [5.74, 6) is 0.281. The molecule has 1 aromatic carbocycles. The standard InChI is InChI=1S/C12H11F3INO/c1-11(2)6-18-10(17-11)7-3-8(12(13,14)15)5-9(16)4-7/h3-5H,6H2,1-2H3. The largest absolute Gasteiger partial charge is 0.475 e. The van der Waals surface area contributed by atoms with E-state index in [9.17, 15) is 13.2 Å². The summed E-state index contributed by atoms with van der Waals surface area (Å²) in [6.45, 7) is 4.13. The molecule has 1 heterocycles. The van der Waals surface area contributed by atoms with E-state index in [0.717, 1.165) is 12.1 Å². The molecule has 0 amide bonds. The topological polar surface area (TPSA) is 21.6 Å². The van der Waals surface area contributed by atoms with Gasteiger partial charge < -0.3 is 4.74 Å². The number of hydrogen-bond donors (Lipinski definition) is 0. The molecule has 0 saturated carbocycles. The third-order valence-corrected chi connectivity index (χ3v) is 3.06. The highest BCUT2D eigenvalue weighted by Crippen LogP contribution is 2.32. The molecule has 0 fully saturated rings. The molecule has 0 aliphatic carbocycles. The molecule has 0 aromatic heterocycles. The van der Waals surface area contributed by atoms with Crippen molar-refractivity contribution in [3.8, 4) is 0 Å². The number of rotatable bonds is 1. The van der Waals surface area contributed by atoms with Gasteiger partial charge in [-0.25, -0.2) is 4.99 Å². The Morgan fingerprint density at radius 1 is 1.28 bits per heavy atom. The zero-order valence-corrected chi connectivity index (χ0v) is 12.0. The van der Waals surface area contributed by atoms with Gasteiger partial charge in [0.25, 0.3) is 0 Å². The van der Waals surface area contributed by atoms with Crippen LogP contribution in [0.3, 0.4) is 0 Å². The highest BCUT2D eigenvalue weighted by Gasteiger charge is 2.33. The van der Waals surface area contributed by atoms with Crippen molar-refractivity contribution in [3.05, 3.63) is 32.9 Å². The molecule has 18 heavy (non-hydrogen) atoms. The number of nitrogens with zero attached hydrogens (tertiary/aromatic N) is 1. The number of hydrogen-bond acceptors (Lipinski definition) is 2. The number of benzene rings is 1. The smallest absolute Gasteiger partial charge is 0.416 e. The van der Waals surface area contributed by atoms with Crippen molar-refractivity contribution in [3.63, 3.8) is 0 Å². The summed E-state index contributed by atoms with van der Waals surface area (Å²) in [7, 11) is 0. The molecule has 0 unspecified atom stereocenters. The second-order valence-electron chi connectivity index (χ2n) is 4.74. The van der Waals surface area contributed by atoms with Gasteiger partial charge in [0.1, 0.15) is 6.61 Å². The van der Waals surface area contributed by atoms with Crippen LogP contribution in [-0.4, -0.2) is 18.0 Å². The van der Waals surface area contributed by atoms with Crippen molar-refractivity contribution in [2.75, 3.05) is 6.61 Å². The van der Waals surface area contributed by atoms with Crippen molar-refractivity contribution in [2.24, 2.45) is 4.99 Å². The van der Waals surface area contributed by atoms with E-state index in [4.69, 9.17) is 4.74 Å². The van der Waals surface area contributed by atoms with Gasteiger partial charge in [0, 0.05) is 9.13 Å². The number of aliphatic imine (C=N–C) groups is 1.